The van der Waals surface area contributed by atoms with Gasteiger partial charge in [-0.2, -0.15) is 18.3 Å². The number of para-hydroxylation sites is 1. The Morgan fingerprint density at radius 3 is 2.40 bits per heavy atom. The van der Waals surface area contributed by atoms with E-state index < -0.39 is 17.6 Å². The van der Waals surface area contributed by atoms with Crippen LogP contribution in [-0.4, -0.2) is 34.0 Å². The normalized spacial score (nSPS) is 10.8. The highest BCUT2D eigenvalue weighted by Gasteiger charge is 2.31. The SMILES string of the molecule is CNc1cc(C(=O)NCc2cn(C)nc2C)cnc1Nc1ccccc1C.O=Cc1cc(F)cc(C(F)(F)F)c1. The van der Waals surface area contributed by atoms with Gasteiger partial charge in [-0.1, -0.05) is 18.2 Å². The molecular formula is C28H28F4N6O2. The number of aldehydes is 1. The number of halogens is 4. The molecule has 40 heavy (non-hydrogen) atoms. The van der Waals surface area contributed by atoms with E-state index in [4.69, 9.17) is 0 Å². The number of aryl methyl sites for hydroxylation is 3. The number of carbonyl (C=O) groups is 2. The van der Waals surface area contributed by atoms with Gasteiger partial charge in [0.15, 0.2) is 5.82 Å². The Kier molecular flexibility index (Phi) is 9.59. The molecule has 0 radical (unpaired) electrons. The third-order valence-corrected chi connectivity index (χ3v) is 5.76. The molecule has 3 N–H and O–H groups in total. The second kappa shape index (κ2) is 12.9. The number of nitrogens with one attached hydrogen (secondary N) is 3. The molecule has 12 heteroatoms. The Morgan fingerprint density at radius 2 is 1.80 bits per heavy atom. The maximum absolute atomic E-state index is 12.5. The Hall–Kier alpha value is -4.74. The summed E-state index contributed by atoms with van der Waals surface area (Å²) in [6.45, 7) is 4.38. The molecule has 0 atom stereocenters. The zero-order valence-electron chi connectivity index (χ0n) is 22.2. The van der Waals surface area contributed by atoms with Crippen molar-refractivity contribution in [2.75, 3.05) is 17.7 Å². The third kappa shape index (κ3) is 7.88. The van der Waals surface area contributed by atoms with E-state index in [0.717, 1.165) is 34.3 Å². The van der Waals surface area contributed by atoms with Crippen molar-refractivity contribution in [2.45, 2.75) is 26.6 Å². The first-order valence-corrected chi connectivity index (χ1v) is 12.0. The van der Waals surface area contributed by atoms with Crippen LogP contribution in [0, 0.1) is 19.7 Å². The number of alkyl halides is 3. The van der Waals surface area contributed by atoms with Gasteiger partial charge in [-0.15, -0.1) is 0 Å². The number of amides is 1. The monoisotopic (exact) mass is 556 g/mol. The van der Waals surface area contributed by atoms with Gasteiger partial charge in [0, 0.05) is 49.8 Å². The number of pyridine rings is 1. The summed E-state index contributed by atoms with van der Waals surface area (Å²) in [5.74, 6) is -0.576. The van der Waals surface area contributed by atoms with E-state index in [2.05, 4.69) is 26.0 Å². The van der Waals surface area contributed by atoms with Crippen molar-refractivity contribution in [3.05, 3.63) is 100 Å². The minimum Gasteiger partial charge on any atom is -0.385 e. The fourth-order valence-corrected chi connectivity index (χ4v) is 3.66. The molecule has 0 fully saturated rings. The average Bonchev–Trinajstić information content (AvgIpc) is 3.24. The van der Waals surface area contributed by atoms with E-state index in [0.29, 0.717) is 30.1 Å². The summed E-state index contributed by atoms with van der Waals surface area (Å²) in [6.07, 6.45) is -0.979. The van der Waals surface area contributed by atoms with Crippen molar-refractivity contribution < 1.29 is 27.2 Å². The summed E-state index contributed by atoms with van der Waals surface area (Å²) >= 11 is 0. The number of rotatable bonds is 7. The second-order valence-electron chi connectivity index (χ2n) is 8.80. The van der Waals surface area contributed by atoms with Gasteiger partial charge < -0.3 is 16.0 Å². The van der Waals surface area contributed by atoms with Crippen LogP contribution in [0.25, 0.3) is 0 Å². The first-order valence-electron chi connectivity index (χ1n) is 12.0. The van der Waals surface area contributed by atoms with Crippen LogP contribution in [0.5, 0.6) is 0 Å². The molecule has 0 aliphatic heterocycles. The van der Waals surface area contributed by atoms with Crippen LogP contribution < -0.4 is 16.0 Å². The molecule has 2 aromatic carbocycles. The number of benzene rings is 2. The largest absolute Gasteiger partial charge is 0.416 e. The number of carbonyl (C=O) groups excluding carboxylic acids is 2. The fourth-order valence-electron chi connectivity index (χ4n) is 3.66. The molecular weight excluding hydrogens is 528 g/mol. The minimum atomic E-state index is -4.63. The lowest BCUT2D eigenvalue weighted by molar-refractivity contribution is -0.137. The molecule has 2 heterocycles. The van der Waals surface area contributed by atoms with Crippen LogP contribution in [0.15, 0.2) is 60.9 Å². The van der Waals surface area contributed by atoms with Gasteiger partial charge in [0.2, 0.25) is 0 Å². The van der Waals surface area contributed by atoms with E-state index in [1.807, 2.05) is 51.4 Å². The molecule has 0 aliphatic rings. The summed E-state index contributed by atoms with van der Waals surface area (Å²) in [6, 6.07) is 11.4. The first-order chi connectivity index (χ1) is 18.9. The summed E-state index contributed by atoms with van der Waals surface area (Å²) in [4.78, 5) is 27.0. The van der Waals surface area contributed by atoms with Crippen molar-refractivity contribution in [2.24, 2.45) is 7.05 Å². The summed E-state index contributed by atoms with van der Waals surface area (Å²) in [7, 11) is 3.67. The van der Waals surface area contributed by atoms with E-state index in [9.17, 15) is 27.2 Å². The molecule has 0 spiro atoms. The number of nitrogens with zero attached hydrogens (tertiary/aromatic N) is 3. The highest BCUT2D eigenvalue weighted by molar-refractivity contribution is 5.95. The van der Waals surface area contributed by atoms with E-state index in [1.54, 1.807) is 24.0 Å². The van der Waals surface area contributed by atoms with Gasteiger partial charge in [-0.05, 0) is 49.7 Å². The zero-order chi connectivity index (χ0) is 29.4. The molecule has 0 unspecified atom stereocenters. The summed E-state index contributed by atoms with van der Waals surface area (Å²) in [5, 5.41) is 13.6. The van der Waals surface area contributed by atoms with Crippen LogP contribution in [-0.2, 0) is 19.8 Å². The molecule has 1 amide bonds. The van der Waals surface area contributed by atoms with Crippen LogP contribution in [0.2, 0.25) is 0 Å². The first kappa shape index (κ1) is 29.8. The molecule has 0 saturated heterocycles. The number of aromatic nitrogens is 3. The third-order valence-electron chi connectivity index (χ3n) is 5.76. The Labute approximate surface area is 228 Å². The molecule has 0 saturated carbocycles. The maximum Gasteiger partial charge on any atom is 0.416 e. The average molecular weight is 557 g/mol. The van der Waals surface area contributed by atoms with Crippen molar-refractivity contribution in [3.63, 3.8) is 0 Å². The molecule has 4 rings (SSSR count). The molecule has 8 nitrogen and oxygen atoms in total. The predicted octanol–water partition coefficient (Wildman–Crippen LogP) is 5.80. The van der Waals surface area contributed by atoms with E-state index >= 15 is 0 Å². The Balaban J connectivity index is 0.000000285. The fraction of sp³-hybridized carbons (Fsp3) is 0.214. The maximum atomic E-state index is 12.5. The Bertz CT molecular complexity index is 1500. The molecule has 4 aromatic rings. The second-order valence-corrected chi connectivity index (χ2v) is 8.80. The van der Waals surface area contributed by atoms with Crippen molar-refractivity contribution in [3.8, 4) is 0 Å². The summed E-state index contributed by atoms with van der Waals surface area (Å²) < 4.78 is 50.2. The standard InChI is InChI=1S/C20H24N6O.C8H4F4O/c1-13-7-5-6-8-17(13)24-19-18(21-3)9-15(10-22-19)20(27)23-11-16-12-26(4)25-14(16)2;9-7-2-5(4-13)1-6(3-7)8(10,11)12/h5-10,12,21H,11H2,1-4H3,(H,22,24)(H,23,27);1-4H. The predicted molar refractivity (Wildman–Crippen MR) is 144 cm³/mol. The molecule has 0 aliphatic carbocycles. The highest BCUT2D eigenvalue weighted by Crippen LogP contribution is 2.30. The Morgan fingerprint density at radius 1 is 1.07 bits per heavy atom. The zero-order valence-corrected chi connectivity index (χ0v) is 22.2. The van der Waals surface area contributed by atoms with E-state index in [1.165, 1.54) is 0 Å². The molecule has 210 valence electrons. The van der Waals surface area contributed by atoms with Crippen LogP contribution in [0.1, 0.15) is 43.1 Å². The topological polar surface area (TPSA) is 101 Å². The lowest BCUT2D eigenvalue weighted by Crippen LogP contribution is -2.23. The van der Waals surface area contributed by atoms with E-state index in [-0.39, 0.29) is 17.8 Å². The number of hydrogen-bond acceptors (Lipinski definition) is 6. The van der Waals surface area contributed by atoms with Crippen molar-refractivity contribution in [1.29, 1.82) is 0 Å². The lowest BCUT2D eigenvalue weighted by atomic mass is 10.1. The highest BCUT2D eigenvalue weighted by atomic mass is 19.4. The van der Waals surface area contributed by atoms with Crippen molar-refractivity contribution in [1.82, 2.24) is 20.1 Å². The van der Waals surface area contributed by atoms with Crippen LogP contribution in [0.3, 0.4) is 0 Å². The minimum absolute atomic E-state index is 0.165. The smallest absolute Gasteiger partial charge is 0.385 e. The summed E-state index contributed by atoms with van der Waals surface area (Å²) in [5.41, 5.74) is 3.76. The van der Waals surface area contributed by atoms with Crippen LogP contribution in [0.4, 0.5) is 34.8 Å². The van der Waals surface area contributed by atoms with Crippen LogP contribution >= 0.6 is 0 Å². The number of hydrogen-bond donors (Lipinski definition) is 3. The lowest BCUT2D eigenvalue weighted by Gasteiger charge is -2.14. The number of anilines is 3. The van der Waals surface area contributed by atoms with Gasteiger partial charge in [-0.25, -0.2) is 9.37 Å². The van der Waals surface area contributed by atoms with Gasteiger partial charge in [0.05, 0.1) is 22.5 Å². The van der Waals surface area contributed by atoms with Gasteiger partial charge >= 0.3 is 6.18 Å². The molecule has 0 bridgehead atoms. The van der Waals surface area contributed by atoms with Gasteiger partial charge in [0.25, 0.3) is 5.91 Å². The quantitative estimate of drug-likeness (QED) is 0.196. The van der Waals surface area contributed by atoms with Gasteiger partial charge in [-0.3, -0.25) is 14.3 Å². The molecule has 2 aromatic heterocycles. The van der Waals surface area contributed by atoms with Crippen molar-refractivity contribution >= 4 is 29.4 Å². The van der Waals surface area contributed by atoms with Gasteiger partial charge in [0.1, 0.15) is 12.1 Å².